The van der Waals surface area contributed by atoms with Crippen molar-refractivity contribution in [3.05, 3.63) is 0 Å². The van der Waals surface area contributed by atoms with Crippen molar-refractivity contribution < 1.29 is 18.9 Å². The summed E-state index contributed by atoms with van der Waals surface area (Å²) in [6, 6.07) is -0.589. The monoisotopic (exact) mass is 269 g/mol. The molecule has 1 atom stereocenters. The molecule has 0 saturated heterocycles. The Balaban J connectivity index is 4.95. The molecule has 0 aromatic carbocycles. The van der Waals surface area contributed by atoms with Gasteiger partial charge in [-0.05, 0) is 40.4 Å². The van der Waals surface area contributed by atoms with Crippen molar-refractivity contribution in [2.75, 3.05) is 19.8 Å². The van der Waals surface area contributed by atoms with Crippen LogP contribution < -0.4 is 0 Å². The van der Waals surface area contributed by atoms with E-state index in [1.54, 1.807) is 0 Å². The Morgan fingerprint density at radius 1 is 1.00 bits per heavy atom. The molecule has 0 aliphatic carbocycles. The van der Waals surface area contributed by atoms with Crippen molar-refractivity contribution in [3.63, 3.8) is 0 Å². The second-order valence-corrected chi connectivity index (χ2v) is 16.6. The summed E-state index contributed by atoms with van der Waals surface area (Å²) in [6.45, 7) is 13.5. The molecule has 0 rings (SSSR count). The van der Waals surface area contributed by atoms with E-state index in [9.17, 15) is 4.89 Å². The SMILES string of the molecule is CCOC(OCC)[P+](O)(OCC)[Si](C)(C)C. The van der Waals surface area contributed by atoms with E-state index < -0.39 is 21.0 Å². The Labute approximate surface area is 101 Å². The average molecular weight is 269 g/mol. The maximum Gasteiger partial charge on any atom is 0.316 e. The van der Waals surface area contributed by atoms with Gasteiger partial charge in [-0.15, -0.1) is 0 Å². The molecule has 16 heavy (non-hydrogen) atoms. The Morgan fingerprint density at radius 2 is 1.44 bits per heavy atom. The second kappa shape index (κ2) is 7.04. The fourth-order valence-corrected chi connectivity index (χ4v) is 7.43. The van der Waals surface area contributed by atoms with Gasteiger partial charge in [-0.1, -0.05) is 0 Å². The van der Waals surface area contributed by atoms with Crippen LogP contribution in [0.1, 0.15) is 20.8 Å². The summed E-state index contributed by atoms with van der Waals surface area (Å²) in [5, 5.41) is 0. The second-order valence-electron chi connectivity index (χ2n) is 4.43. The molecule has 1 N–H and O–H groups in total. The number of ether oxygens (including phenoxy) is 2. The van der Waals surface area contributed by atoms with Gasteiger partial charge in [0.1, 0.15) is 0 Å². The summed E-state index contributed by atoms with van der Waals surface area (Å²) >= 11 is 0. The Morgan fingerprint density at radius 3 is 1.69 bits per heavy atom. The molecule has 0 aliphatic heterocycles. The first-order valence-corrected chi connectivity index (χ1v) is 11.9. The van der Waals surface area contributed by atoms with E-state index in [0.717, 1.165) is 0 Å². The molecule has 0 aliphatic rings. The first-order chi connectivity index (χ1) is 7.33. The van der Waals surface area contributed by atoms with Crippen LogP contribution in [0.2, 0.25) is 19.6 Å². The fourth-order valence-electron chi connectivity index (χ4n) is 1.30. The minimum absolute atomic E-state index is 0.491. The zero-order chi connectivity index (χ0) is 12.8. The summed E-state index contributed by atoms with van der Waals surface area (Å²) in [6.07, 6.45) is 0. The summed E-state index contributed by atoms with van der Waals surface area (Å²) < 4.78 is 16.7. The lowest BCUT2D eigenvalue weighted by molar-refractivity contribution is -0.0911. The van der Waals surface area contributed by atoms with Crippen molar-refractivity contribution in [2.24, 2.45) is 0 Å². The van der Waals surface area contributed by atoms with Crippen LogP contribution in [0.4, 0.5) is 0 Å². The van der Waals surface area contributed by atoms with Gasteiger partial charge in [0.05, 0.1) is 19.8 Å². The molecule has 0 bridgehead atoms. The van der Waals surface area contributed by atoms with Gasteiger partial charge in [0, 0.05) is 0 Å². The molecule has 0 aromatic rings. The van der Waals surface area contributed by atoms with Crippen molar-refractivity contribution in [1.82, 2.24) is 0 Å². The highest BCUT2D eigenvalue weighted by Crippen LogP contribution is 2.68. The zero-order valence-corrected chi connectivity index (χ0v) is 13.2. The predicted octanol–water partition coefficient (Wildman–Crippen LogP) is 3.05. The van der Waals surface area contributed by atoms with Gasteiger partial charge in [-0.2, -0.15) is 0 Å². The minimum Gasteiger partial charge on any atom is -0.319 e. The molecule has 0 heterocycles. The van der Waals surface area contributed by atoms with E-state index in [1.165, 1.54) is 0 Å². The summed E-state index contributed by atoms with van der Waals surface area (Å²) in [7, 11) is -4.48. The Hall–Kier alpha value is 0.487. The third-order valence-electron chi connectivity index (χ3n) is 2.19. The summed E-state index contributed by atoms with van der Waals surface area (Å²) in [4.78, 5) is 10.8. The van der Waals surface area contributed by atoms with Crippen LogP contribution in [0.3, 0.4) is 0 Å². The molecular formula is C10H26O4PSi+. The van der Waals surface area contributed by atoms with Gasteiger partial charge in [-0.25, -0.2) is 9.42 Å². The average Bonchev–Trinajstić information content (AvgIpc) is 2.16. The van der Waals surface area contributed by atoms with Gasteiger partial charge in [0.15, 0.2) is 0 Å². The predicted molar refractivity (Wildman–Crippen MR) is 71.2 cm³/mol. The molecule has 0 fully saturated rings. The van der Waals surface area contributed by atoms with Crippen LogP contribution in [0, 0.1) is 0 Å². The van der Waals surface area contributed by atoms with Crippen LogP contribution in [0.15, 0.2) is 0 Å². The normalized spacial score (nSPS) is 16.5. The standard InChI is InChI=1S/C10H26O4PSi/c1-7-12-10(13-8-2)15(11,14-9-3)16(4,5)6/h10-11H,7-9H2,1-6H3/q+1. The first-order valence-electron chi connectivity index (χ1n) is 5.82. The van der Waals surface area contributed by atoms with Crippen LogP contribution in [0.25, 0.3) is 0 Å². The van der Waals surface area contributed by atoms with Gasteiger partial charge in [-0.3, -0.25) is 0 Å². The molecule has 0 saturated carbocycles. The van der Waals surface area contributed by atoms with Crippen LogP contribution in [-0.2, 0) is 14.0 Å². The third kappa shape index (κ3) is 4.06. The van der Waals surface area contributed by atoms with Gasteiger partial charge in [0.2, 0.25) is 0 Å². The van der Waals surface area contributed by atoms with Crippen LogP contribution >= 0.6 is 7.26 Å². The topological polar surface area (TPSA) is 47.9 Å². The Bertz CT molecular complexity index is 192. The molecule has 0 amide bonds. The van der Waals surface area contributed by atoms with E-state index in [2.05, 4.69) is 19.6 Å². The lowest BCUT2D eigenvalue weighted by Crippen LogP contribution is -2.37. The fraction of sp³-hybridized carbons (Fsp3) is 1.00. The smallest absolute Gasteiger partial charge is 0.316 e. The lowest BCUT2D eigenvalue weighted by Gasteiger charge is -2.33. The highest BCUT2D eigenvalue weighted by atomic mass is 31.5. The number of hydrogen-bond donors (Lipinski definition) is 1. The highest BCUT2D eigenvalue weighted by Gasteiger charge is 2.61. The third-order valence-corrected chi connectivity index (χ3v) is 12.4. The molecular weight excluding hydrogens is 243 g/mol. The zero-order valence-electron chi connectivity index (χ0n) is 11.3. The van der Waals surface area contributed by atoms with Gasteiger partial charge in [0.25, 0.3) is 15.0 Å². The molecule has 0 aromatic heterocycles. The summed E-state index contributed by atoms with van der Waals surface area (Å²) in [5.41, 5.74) is 0. The van der Waals surface area contributed by atoms with Crippen molar-refractivity contribution in [3.8, 4) is 0 Å². The van der Waals surface area contributed by atoms with Gasteiger partial charge < -0.3 is 9.47 Å². The number of rotatable bonds is 8. The van der Waals surface area contributed by atoms with E-state index >= 15 is 0 Å². The molecule has 98 valence electrons. The van der Waals surface area contributed by atoms with Crippen molar-refractivity contribution >= 4 is 15.0 Å². The quantitative estimate of drug-likeness (QED) is 0.418. The van der Waals surface area contributed by atoms with Crippen LogP contribution in [-0.4, -0.2) is 38.5 Å². The lowest BCUT2D eigenvalue weighted by atomic mass is 10.9. The molecule has 1 unspecified atom stereocenters. The largest absolute Gasteiger partial charge is 0.319 e. The molecule has 4 nitrogen and oxygen atoms in total. The van der Waals surface area contributed by atoms with Gasteiger partial charge >= 0.3 is 6.03 Å². The van der Waals surface area contributed by atoms with Crippen molar-refractivity contribution in [2.45, 2.75) is 46.4 Å². The molecule has 0 spiro atoms. The Kier molecular flexibility index (Phi) is 7.25. The minimum atomic E-state index is -2.60. The summed E-state index contributed by atoms with van der Waals surface area (Å²) in [5.74, 6) is 0. The molecule has 6 heteroatoms. The highest BCUT2D eigenvalue weighted by molar-refractivity contribution is 8.00. The maximum absolute atomic E-state index is 10.8. The van der Waals surface area contributed by atoms with E-state index in [0.29, 0.717) is 19.8 Å². The maximum atomic E-state index is 10.8. The van der Waals surface area contributed by atoms with Crippen LogP contribution in [0.5, 0.6) is 0 Å². The van der Waals surface area contributed by atoms with Crippen molar-refractivity contribution in [1.29, 1.82) is 0 Å². The first kappa shape index (κ1) is 16.5. The number of hydrogen-bond acceptors (Lipinski definition) is 4. The van der Waals surface area contributed by atoms with E-state index in [-0.39, 0.29) is 0 Å². The molecule has 0 radical (unpaired) electrons. The van der Waals surface area contributed by atoms with E-state index in [4.69, 9.17) is 14.0 Å². The van der Waals surface area contributed by atoms with E-state index in [1.807, 2.05) is 20.8 Å².